The Kier molecular flexibility index (Phi) is 12.9. The Morgan fingerprint density at radius 3 is 2.52 bits per heavy atom. The first-order valence-electron chi connectivity index (χ1n) is 30.9. The molecule has 0 spiro atoms. The highest BCUT2D eigenvalue weighted by Crippen LogP contribution is 2.64. The number of hydrogen-bond acceptors (Lipinski definition) is 4. The summed E-state index contributed by atoms with van der Waals surface area (Å²) in [5, 5.41) is 0. The van der Waals surface area contributed by atoms with Gasteiger partial charge in [0.1, 0.15) is 11.9 Å². The number of anilines is 1. The summed E-state index contributed by atoms with van der Waals surface area (Å²) < 4.78 is 14.4. The minimum atomic E-state index is -0.0735. The molecule has 1 aromatic rings. The van der Waals surface area contributed by atoms with Gasteiger partial charge in [-0.05, 0) is 198 Å². The van der Waals surface area contributed by atoms with Crippen molar-refractivity contribution in [2.45, 2.75) is 197 Å². The molecule has 4 heteroatoms. The predicted molar refractivity (Wildman–Crippen MR) is 309 cm³/mol. The van der Waals surface area contributed by atoms with Gasteiger partial charge in [0, 0.05) is 57.7 Å². The Morgan fingerprint density at radius 2 is 1.69 bits per heavy atom. The largest absolute Gasteiger partial charge is 0.492 e. The minimum absolute atomic E-state index is 0.0735. The van der Waals surface area contributed by atoms with Crippen LogP contribution in [0.4, 0.5) is 5.69 Å². The lowest BCUT2D eigenvalue weighted by atomic mass is 9.54. The van der Waals surface area contributed by atoms with E-state index in [1.54, 1.807) is 33.6 Å². The fourth-order valence-corrected chi connectivity index (χ4v) is 18.2. The molecule has 13 aliphatic rings. The van der Waals surface area contributed by atoms with Gasteiger partial charge in [0.05, 0.1) is 17.9 Å². The summed E-state index contributed by atoms with van der Waals surface area (Å²) in [6.07, 6.45) is 71.2. The maximum atomic E-state index is 7.38. The number of benzene rings is 1. The van der Waals surface area contributed by atoms with Crippen molar-refractivity contribution in [3.8, 4) is 0 Å². The molecule has 2 aliphatic heterocycles. The molecule has 0 aromatic heterocycles. The summed E-state index contributed by atoms with van der Waals surface area (Å²) in [6, 6.07) is 9.11. The second-order valence-electron chi connectivity index (χ2n) is 26.0. The van der Waals surface area contributed by atoms with E-state index >= 15 is 0 Å². The molecule has 75 heavy (non-hydrogen) atoms. The monoisotopic (exact) mass is 999 g/mol. The molecule has 11 aliphatic carbocycles. The zero-order valence-corrected chi connectivity index (χ0v) is 45.7. The van der Waals surface area contributed by atoms with E-state index in [1.807, 2.05) is 0 Å². The Balaban J connectivity index is 0.845. The molecule has 2 heterocycles. The summed E-state index contributed by atoms with van der Waals surface area (Å²) in [7, 11) is 0. The average molecular weight is 999 g/mol. The van der Waals surface area contributed by atoms with E-state index < -0.39 is 0 Å². The maximum Gasteiger partial charge on any atom is 0.124 e. The molecule has 0 radical (unpaired) electrons. The summed E-state index contributed by atoms with van der Waals surface area (Å²) in [5.74, 6) is 4.55. The van der Waals surface area contributed by atoms with Gasteiger partial charge in [-0.25, -0.2) is 0 Å². The van der Waals surface area contributed by atoms with Crippen molar-refractivity contribution in [3.05, 3.63) is 179 Å². The van der Waals surface area contributed by atoms with E-state index in [9.17, 15) is 0 Å². The van der Waals surface area contributed by atoms with Crippen LogP contribution < -0.4 is 4.90 Å². The van der Waals surface area contributed by atoms with Gasteiger partial charge < -0.3 is 19.3 Å². The molecule has 0 bridgehead atoms. The first kappa shape index (κ1) is 48.6. The standard InChI is InChI=1S/C71H86N2O2/c1-4-48-29-38-56(39-30-48)74-67-42-34-52(44-47(67)2)71(51-18-7-5-8-19-51)61-24-13-11-22-57(61)58-40-37-55(46-63(58)71)72(66-27-17-25-62-69(66)75-68-28-15-16-43-70(62,68)3)54-35-31-49(32-36-54)50-33-41-65-60(45-50)59-23-12-14-26-64(59)73(65)53-20-9-6-10-21-53/h4,6,9,13,17,23-24,26-27,29,31,34-38,40,42,45-49,51-53,56,60,62,65,67-68H,1,5,7-8,10-12,14-16,18-22,25,28,30,32-33,39,41,43-44H2,2-3H3. The third kappa shape index (κ3) is 8.12. The van der Waals surface area contributed by atoms with Gasteiger partial charge in [-0.3, -0.25) is 0 Å². The second-order valence-corrected chi connectivity index (χ2v) is 26.0. The summed E-state index contributed by atoms with van der Waals surface area (Å²) in [4.78, 5) is 5.61. The highest BCUT2D eigenvalue weighted by Gasteiger charge is 2.56. The van der Waals surface area contributed by atoms with Crippen molar-refractivity contribution < 1.29 is 9.47 Å². The maximum absolute atomic E-state index is 7.38. The molecule has 4 fully saturated rings. The molecule has 0 N–H and O–H groups in total. The van der Waals surface area contributed by atoms with Crippen LogP contribution in [-0.4, -0.2) is 35.3 Å². The number of allylic oxidation sites excluding steroid dienone is 18. The van der Waals surface area contributed by atoms with E-state index in [0.717, 1.165) is 44.9 Å². The normalized spacial score (nSPS) is 38.6. The molecule has 0 amide bonds. The number of hydrogen-bond donors (Lipinski definition) is 0. The van der Waals surface area contributed by atoms with Gasteiger partial charge in [-0.2, -0.15) is 0 Å². The molecular formula is C71H86N2O2. The van der Waals surface area contributed by atoms with E-state index in [4.69, 9.17) is 9.47 Å². The SMILES string of the molecule is C=CC1C=CC(OC2C=CC(C3(C4CCCCC4)C4=C(CCC=C4)c4ccc(N(C5=CCC(C6=CC7C8=CCCC=C8N(C8CC=CCC8)C7CC6)C=C5)C5=C6OC7CCCCC7(C)C6CC=C5)cc43)CC2C)CC1. The third-order valence-electron chi connectivity index (χ3n) is 22.0. The van der Waals surface area contributed by atoms with Crippen LogP contribution in [-0.2, 0) is 14.9 Å². The van der Waals surface area contributed by atoms with E-state index in [0.29, 0.717) is 59.6 Å². The third-order valence-corrected chi connectivity index (χ3v) is 22.0. The molecule has 2 saturated carbocycles. The van der Waals surface area contributed by atoms with E-state index in [1.165, 1.54) is 131 Å². The number of nitrogens with zero attached hydrogens (tertiary/aromatic N) is 2. The van der Waals surface area contributed by atoms with Gasteiger partial charge in [0.25, 0.3) is 0 Å². The summed E-state index contributed by atoms with van der Waals surface area (Å²) >= 11 is 0. The van der Waals surface area contributed by atoms with Gasteiger partial charge in [-0.15, -0.1) is 6.58 Å². The van der Waals surface area contributed by atoms with Crippen LogP contribution in [0.5, 0.6) is 0 Å². The second kappa shape index (κ2) is 19.9. The number of ether oxygens (including phenoxy) is 2. The summed E-state index contributed by atoms with van der Waals surface area (Å²) in [5.41, 5.74) is 15.3. The fourth-order valence-electron chi connectivity index (χ4n) is 18.2. The van der Waals surface area contributed by atoms with Crippen LogP contribution in [0.25, 0.3) is 5.57 Å². The zero-order chi connectivity index (χ0) is 50.3. The molecule has 13 atom stereocenters. The first-order valence-corrected chi connectivity index (χ1v) is 30.9. The Bertz CT molecular complexity index is 2830. The molecule has 4 nitrogen and oxygen atoms in total. The molecule has 14 rings (SSSR count). The van der Waals surface area contributed by atoms with Crippen molar-refractivity contribution in [1.29, 1.82) is 0 Å². The van der Waals surface area contributed by atoms with Crippen LogP contribution in [0, 0.1) is 46.8 Å². The fraction of sp³-hybridized carbons (Fsp3) is 0.549. The highest BCUT2D eigenvalue weighted by atomic mass is 16.5. The lowest BCUT2D eigenvalue weighted by molar-refractivity contribution is -0.00963. The van der Waals surface area contributed by atoms with Gasteiger partial charge in [-0.1, -0.05) is 142 Å². The van der Waals surface area contributed by atoms with Crippen molar-refractivity contribution >= 4 is 11.3 Å². The number of fused-ring (bicyclic) bond motifs is 8. The van der Waals surface area contributed by atoms with Crippen LogP contribution >= 0.6 is 0 Å². The summed E-state index contributed by atoms with van der Waals surface area (Å²) in [6.45, 7) is 9.13. The zero-order valence-electron chi connectivity index (χ0n) is 45.7. The Morgan fingerprint density at radius 1 is 0.787 bits per heavy atom. The number of rotatable bonds is 10. The van der Waals surface area contributed by atoms with Crippen molar-refractivity contribution in [2.75, 3.05) is 4.90 Å². The van der Waals surface area contributed by atoms with Crippen LogP contribution in [0.2, 0.25) is 0 Å². The Labute approximate surface area is 451 Å². The van der Waals surface area contributed by atoms with Crippen molar-refractivity contribution in [1.82, 2.24) is 4.90 Å². The lowest BCUT2D eigenvalue weighted by Crippen LogP contribution is -2.46. The quantitative estimate of drug-likeness (QED) is 0.218. The van der Waals surface area contributed by atoms with Crippen LogP contribution in [0.15, 0.2) is 168 Å². The molecule has 2 saturated heterocycles. The van der Waals surface area contributed by atoms with E-state index in [-0.39, 0.29) is 23.0 Å². The molecule has 13 unspecified atom stereocenters. The minimum Gasteiger partial charge on any atom is -0.492 e. The highest BCUT2D eigenvalue weighted by molar-refractivity contribution is 5.86. The predicted octanol–water partition coefficient (Wildman–Crippen LogP) is 17.5. The molecular weight excluding hydrogens is 913 g/mol. The van der Waals surface area contributed by atoms with Crippen molar-refractivity contribution in [3.63, 3.8) is 0 Å². The smallest absolute Gasteiger partial charge is 0.124 e. The van der Waals surface area contributed by atoms with Crippen LogP contribution in [0.1, 0.15) is 173 Å². The Hall–Kier alpha value is -4.80. The van der Waals surface area contributed by atoms with Crippen molar-refractivity contribution in [2.24, 2.45) is 46.8 Å². The molecule has 1 aromatic carbocycles. The average Bonchev–Trinajstić information content (AvgIpc) is 4.10. The molecule has 392 valence electrons. The number of likely N-dealkylation sites (tertiary alicyclic amines) is 1. The van der Waals surface area contributed by atoms with E-state index in [2.05, 4.69) is 152 Å². The van der Waals surface area contributed by atoms with Gasteiger partial charge >= 0.3 is 0 Å². The topological polar surface area (TPSA) is 24.9 Å². The van der Waals surface area contributed by atoms with Gasteiger partial charge in [0.2, 0.25) is 0 Å². The van der Waals surface area contributed by atoms with Gasteiger partial charge in [0.15, 0.2) is 0 Å². The lowest BCUT2D eigenvalue weighted by Gasteiger charge is -2.50. The first-order chi connectivity index (χ1) is 36.9. The van der Waals surface area contributed by atoms with Crippen LogP contribution in [0.3, 0.4) is 0 Å².